The third kappa shape index (κ3) is 2.57. The first-order valence-corrected chi connectivity index (χ1v) is 10.3. The molecule has 1 aliphatic rings. The lowest BCUT2D eigenvalue weighted by Gasteiger charge is -2.07. The molecule has 1 aliphatic carbocycles. The van der Waals surface area contributed by atoms with Crippen LogP contribution in [0.5, 0.6) is 0 Å². The summed E-state index contributed by atoms with van der Waals surface area (Å²) in [6, 6.07) is 8.32. The van der Waals surface area contributed by atoms with E-state index in [0.29, 0.717) is 5.39 Å². The van der Waals surface area contributed by atoms with Gasteiger partial charge in [-0.1, -0.05) is 18.2 Å². The molecule has 0 fully saturated rings. The number of hydrogen-bond acceptors (Lipinski definition) is 5. The maximum atomic E-state index is 12.7. The third-order valence-electron chi connectivity index (χ3n) is 4.40. The van der Waals surface area contributed by atoms with Crippen molar-refractivity contribution in [1.29, 1.82) is 0 Å². The number of benzene rings is 1. The van der Waals surface area contributed by atoms with Crippen molar-refractivity contribution in [2.24, 2.45) is 0 Å². The van der Waals surface area contributed by atoms with Gasteiger partial charge in [0.25, 0.3) is 5.56 Å². The normalized spacial score (nSPS) is 14.2. The van der Waals surface area contributed by atoms with Crippen LogP contribution in [0.2, 0.25) is 0 Å². The number of rotatable bonds is 4. The van der Waals surface area contributed by atoms with Crippen LogP contribution in [0.25, 0.3) is 10.2 Å². The minimum Gasteiger partial charge on any atom is -0.298 e. The Kier molecular flexibility index (Phi) is 3.77. The summed E-state index contributed by atoms with van der Waals surface area (Å²) in [5.41, 5.74) is 0.996. The average molecular weight is 360 g/mol. The largest absolute Gasteiger partial charge is 0.298 e. The van der Waals surface area contributed by atoms with Crippen LogP contribution in [0.3, 0.4) is 0 Å². The first kappa shape index (κ1) is 15.5. The Bertz CT molecular complexity index is 1070. The number of thiophene rings is 1. The highest BCUT2D eigenvalue weighted by Crippen LogP contribution is 2.34. The van der Waals surface area contributed by atoms with Crippen LogP contribution in [0.4, 0.5) is 0 Å². The quantitative estimate of drug-likeness (QED) is 0.716. The molecular weight excluding hydrogens is 344 g/mol. The maximum absolute atomic E-state index is 12.7. The fourth-order valence-electron chi connectivity index (χ4n) is 3.14. The molecule has 3 aromatic rings. The molecule has 0 radical (unpaired) electrons. The summed E-state index contributed by atoms with van der Waals surface area (Å²) < 4.78 is 26.2. The van der Waals surface area contributed by atoms with Gasteiger partial charge >= 0.3 is 0 Å². The Labute approximate surface area is 143 Å². The predicted octanol–water partition coefficient (Wildman–Crippen LogP) is 2.42. The molecule has 0 saturated carbocycles. The molecule has 24 heavy (non-hydrogen) atoms. The summed E-state index contributed by atoms with van der Waals surface area (Å²) in [6.07, 6.45) is 4.47. The van der Waals surface area contributed by atoms with Gasteiger partial charge in [0.1, 0.15) is 4.83 Å². The van der Waals surface area contributed by atoms with Gasteiger partial charge in [-0.3, -0.25) is 9.36 Å². The van der Waals surface area contributed by atoms with Gasteiger partial charge in [0.05, 0.1) is 22.4 Å². The Hall–Kier alpha value is -1.99. The number of aryl methyl sites for hydroxylation is 3. The molecule has 0 amide bonds. The zero-order chi connectivity index (χ0) is 16.7. The van der Waals surface area contributed by atoms with Crippen LogP contribution < -0.4 is 5.56 Å². The monoisotopic (exact) mass is 360 g/mol. The van der Waals surface area contributed by atoms with E-state index in [1.54, 1.807) is 41.7 Å². The van der Waals surface area contributed by atoms with Crippen molar-refractivity contribution in [3.05, 3.63) is 57.5 Å². The van der Waals surface area contributed by atoms with Gasteiger partial charge in [-0.05, 0) is 37.0 Å². The van der Waals surface area contributed by atoms with E-state index < -0.39 is 9.84 Å². The minimum absolute atomic E-state index is 0.115. The summed E-state index contributed by atoms with van der Waals surface area (Å²) in [6.45, 7) is 0.115. The molecule has 0 saturated heterocycles. The van der Waals surface area contributed by atoms with Crippen LogP contribution in [0.1, 0.15) is 16.9 Å². The van der Waals surface area contributed by atoms with E-state index >= 15 is 0 Å². The van der Waals surface area contributed by atoms with E-state index in [0.717, 1.165) is 29.7 Å². The van der Waals surface area contributed by atoms with Crippen molar-refractivity contribution in [3.8, 4) is 0 Å². The Morgan fingerprint density at radius 2 is 1.96 bits per heavy atom. The fraction of sp³-hybridized carbons (Fsp3) is 0.294. The molecule has 0 atom stereocenters. The lowest BCUT2D eigenvalue weighted by atomic mass is 10.2. The van der Waals surface area contributed by atoms with Crippen LogP contribution in [-0.2, 0) is 29.2 Å². The summed E-state index contributed by atoms with van der Waals surface area (Å²) in [5.74, 6) is -0.115. The molecule has 7 heteroatoms. The zero-order valence-electron chi connectivity index (χ0n) is 12.9. The Morgan fingerprint density at radius 3 is 2.75 bits per heavy atom. The third-order valence-corrected chi connectivity index (χ3v) is 7.31. The summed E-state index contributed by atoms with van der Waals surface area (Å²) in [5, 5.41) is 0.687. The van der Waals surface area contributed by atoms with Crippen molar-refractivity contribution in [2.45, 2.75) is 30.7 Å². The van der Waals surface area contributed by atoms with E-state index in [-0.39, 0.29) is 22.8 Å². The summed E-state index contributed by atoms with van der Waals surface area (Å²) in [4.78, 5) is 19.4. The van der Waals surface area contributed by atoms with Gasteiger partial charge in [0, 0.05) is 11.4 Å². The van der Waals surface area contributed by atoms with Crippen molar-refractivity contribution >= 4 is 31.4 Å². The predicted molar refractivity (Wildman–Crippen MR) is 94.4 cm³/mol. The molecule has 1 aromatic carbocycles. The van der Waals surface area contributed by atoms with E-state index in [1.807, 2.05) is 0 Å². The Balaban J connectivity index is 1.66. The molecule has 2 heterocycles. The SMILES string of the molecule is O=c1c2c3c(sc2ncn1CCS(=O)(=O)c1ccccc1)CCC3. The van der Waals surface area contributed by atoms with Crippen LogP contribution in [0, 0.1) is 0 Å². The van der Waals surface area contributed by atoms with Gasteiger partial charge < -0.3 is 0 Å². The van der Waals surface area contributed by atoms with Gasteiger partial charge in [0.15, 0.2) is 9.84 Å². The molecule has 124 valence electrons. The highest BCUT2D eigenvalue weighted by atomic mass is 32.2. The maximum Gasteiger partial charge on any atom is 0.262 e. The first-order valence-electron chi connectivity index (χ1n) is 7.84. The molecule has 0 N–H and O–H groups in total. The molecule has 4 rings (SSSR count). The van der Waals surface area contributed by atoms with Crippen LogP contribution >= 0.6 is 11.3 Å². The molecule has 5 nitrogen and oxygen atoms in total. The van der Waals surface area contributed by atoms with E-state index in [4.69, 9.17) is 0 Å². The molecule has 0 unspecified atom stereocenters. The van der Waals surface area contributed by atoms with Crippen molar-refractivity contribution in [1.82, 2.24) is 9.55 Å². The number of hydrogen-bond donors (Lipinski definition) is 0. The second-order valence-corrected chi connectivity index (χ2v) is 9.11. The molecule has 0 bridgehead atoms. The van der Waals surface area contributed by atoms with Crippen molar-refractivity contribution in [3.63, 3.8) is 0 Å². The molecular formula is C17H16N2O3S2. The number of aromatic nitrogens is 2. The molecule has 0 spiro atoms. The van der Waals surface area contributed by atoms with Gasteiger partial charge in [-0.15, -0.1) is 11.3 Å². The highest BCUT2D eigenvalue weighted by molar-refractivity contribution is 7.91. The average Bonchev–Trinajstić information content (AvgIpc) is 3.16. The van der Waals surface area contributed by atoms with E-state index in [2.05, 4.69) is 4.98 Å². The Morgan fingerprint density at radius 1 is 1.17 bits per heavy atom. The lowest BCUT2D eigenvalue weighted by Crippen LogP contribution is -2.24. The van der Waals surface area contributed by atoms with Crippen molar-refractivity contribution < 1.29 is 8.42 Å². The first-order chi connectivity index (χ1) is 11.6. The topological polar surface area (TPSA) is 69.0 Å². The zero-order valence-corrected chi connectivity index (χ0v) is 14.6. The van der Waals surface area contributed by atoms with Gasteiger partial charge in [0.2, 0.25) is 0 Å². The van der Waals surface area contributed by atoms with Crippen LogP contribution in [-0.4, -0.2) is 23.7 Å². The lowest BCUT2D eigenvalue weighted by molar-refractivity contribution is 0.587. The van der Waals surface area contributed by atoms with Gasteiger partial charge in [-0.2, -0.15) is 0 Å². The summed E-state index contributed by atoms with van der Waals surface area (Å²) >= 11 is 1.59. The molecule has 2 aromatic heterocycles. The van der Waals surface area contributed by atoms with Gasteiger partial charge in [-0.25, -0.2) is 13.4 Å². The van der Waals surface area contributed by atoms with Crippen molar-refractivity contribution in [2.75, 3.05) is 5.75 Å². The van der Waals surface area contributed by atoms with E-state index in [1.165, 1.54) is 15.8 Å². The fourth-order valence-corrected chi connectivity index (χ4v) is 5.61. The summed E-state index contributed by atoms with van der Waals surface area (Å²) in [7, 11) is -3.41. The highest BCUT2D eigenvalue weighted by Gasteiger charge is 2.22. The second kappa shape index (κ2) is 5.82. The smallest absolute Gasteiger partial charge is 0.262 e. The number of fused-ring (bicyclic) bond motifs is 3. The standard InChI is InChI=1S/C17H16N2O3S2/c20-17-15-13-7-4-8-14(13)23-16(15)18-11-19(17)9-10-24(21,22)12-5-2-1-3-6-12/h1-3,5-6,11H,4,7-10H2. The minimum atomic E-state index is -3.41. The van der Waals surface area contributed by atoms with E-state index in [9.17, 15) is 13.2 Å². The number of sulfone groups is 1. The van der Waals surface area contributed by atoms with Crippen LogP contribution in [0.15, 0.2) is 46.3 Å². The molecule has 0 aliphatic heterocycles. The number of nitrogens with zero attached hydrogens (tertiary/aromatic N) is 2. The second-order valence-electron chi connectivity index (χ2n) is 5.91.